The van der Waals surface area contributed by atoms with Crippen molar-refractivity contribution in [3.63, 3.8) is 0 Å². The van der Waals surface area contributed by atoms with Gasteiger partial charge in [-0.3, -0.25) is 4.79 Å². The summed E-state index contributed by atoms with van der Waals surface area (Å²) in [5.74, 6) is 6.26. The molecule has 0 aliphatic heterocycles. The standard InChI is InChI=1S/C16H20O/c1-4-6-12-15(17)16(13(3)5-2)14-10-8-7-9-11-14/h7-11,13,16H,5,12H2,1-3H3. The van der Waals surface area contributed by atoms with Gasteiger partial charge in [0, 0.05) is 5.92 Å². The van der Waals surface area contributed by atoms with Crippen LogP contribution in [0.25, 0.3) is 0 Å². The molecule has 0 fully saturated rings. The first-order chi connectivity index (χ1) is 8.20. The topological polar surface area (TPSA) is 17.1 Å². The van der Waals surface area contributed by atoms with Gasteiger partial charge >= 0.3 is 0 Å². The molecular formula is C16H20O. The van der Waals surface area contributed by atoms with Crippen LogP contribution in [-0.4, -0.2) is 5.78 Å². The molecule has 0 spiro atoms. The van der Waals surface area contributed by atoms with Crippen molar-refractivity contribution in [3.8, 4) is 11.8 Å². The van der Waals surface area contributed by atoms with Crippen LogP contribution in [0.5, 0.6) is 0 Å². The van der Waals surface area contributed by atoms with Crippen LogP contribution in [0.2, 0.25) is 0 Å². The Hall–Kier alpha value is -1.55. The van der Waals surface area contributed by atoms with E-state index in [1.54, 1.807) is 6.92 Å². The quantitative estimate of drug-likeness (QED) is 0.701. The molecule has 90 valence electrons. The molecule has 0 saturated carbocycles. The fourth-order valence-corrected chi connectivity index (χ4v) is 2.01. The SMILES string of the molecule is CC#CCC(=O)C(c1ccccc1)C(C)CC. The Morgan fingerprint density at radius 3 is 2.47 bits per heavy atom. The summed E-state index contributed by atoms with van der Waals surface area (Å²) in [5, 5.41) is 0. The van der Waals surface area contributed by atoms with Crippen molar-refractivity contribution in [1.29, 1.82) is 0 Å². The van der Waals surface area contributed by atoms with Gasteiger partial charge in [-0.05, 0) is 18.4 Å². The van der Waals surface area contributed by atoms with Crippen LogP contribution in [0, 0.1) is 17.8 Å². The van der Waals surface area contributed by atoms with Crippen molar-refractivity contribution in [2.45, 2.75) is 39.5 Å². The zero-order valence-electron chi connectivity index (χ0n) is 10.9. The Morgan fingerprint density at radius 1 is 1.29 bits per heavy atom. The second-order valence-electron chi connectivity index (χ2n) is 4.34. The van der Waals surface area contributed by atoms with Crippen LogP contribution < -0.4 is 0 Å². The van der Waals surface area contributed by atoms with Crippen molar-refractivity contribution >= 4 is 5.78 Å². The predicted octanol–water partition coefficient (Wildman–Crippen LogP) is 3.80. The smallest absolute Gasteiger partial charge is 0.152 e. The van der Waals surface area contributed by atoms with Crippen molar-refractivity contribution < 1.29 is 4.79 Å². The molecule has 0 saturated heterocycles. The van der Waals surface area contributed by atoms with Gasteiger partial charge in [-0.25, -0.2) is 0 Å². The maximum atomic E-state index is 12.2. The van der Waals surface area contributed by atoms with E-state index in [4.69, 9.17) is 0 Å². The van der Waals surface area contributed by atoms with E-state index in [1.807, 2.05) is 30.3 Å². The van der Waals surface area contributed by atoms with E-state index >= 15 is 0 Å². The lowest BCUT2D eigenvalue weighted by atomic mass is 9.81. The van der Waals surface area contributed by atoms with Crippen LogP contribution in [0.3, 0.4) is 0 Å². The zero-order chi connectivity index (χ0) is 12.7. The number of hydrogen-bond donors (Lipinski definition) is 0. The van der Waals surface area contributed by atoms with Crippen LogP contribution in [0.1, 0.15) is 45.1 Å². The number of carbonyl (C=O) groups excluding carboxylic acids is 1. The Labute approximate surface area is 104 Å². The van der Waals surface area contributed by atoms with Crippen LogP contribution in [-0.2, 0) is 4.79 Å². The number of ketones is 1. The Kier molecular flexibility index (Phi) is 5.49. The third-order valence-electron chi connectivity index (χ3n) is 3.16. The molecule has 0 radical (unpaired) electrons. The molecule has 0 aromatic heterocycles. The first-order valence-corrected chi connectivity index (χ1v) is 6.18. The number of benzene rings is 1. The molecule has 1 heteroatoms. The van der Waals surface area contributed by atoms with Gasteiger partial charge < -0.3 is 0 Å². The number of rotatable bonds is 5. The normalized spacial score (nSPS) is 13.4. The summed E-state index contributed by atoms with van der Waals surface area (Å²) in [6.07, 6.45) is 1.37. The molecule has 1 nitrogen and oxygen atoms in total. The van der Waals surface area contributed by atoms with E-state index in [1.165, 1.54) is 0 Å². The molecule has 17 heavy (non-hydrogen) atoms. The molecule has 0 aliphatic rings. The maximum Gasteiger partial charge on any atom is 0.152 e. The van der Waals surface area contributed by atoms with Gasteiger partial charge in [0.15, 0.2) is 5.78 Å². The van der Waals surface area contributed by atoms with Crippen LogP contribution >= 0.6 is 0 Å². The first kappa shape index (κ1) is 13.5. The Morgan fingerprint density at radius 2 is 1.94 bits per heavy atom. The lowest BCUT2D eigenvalue weighted by molar-refractivity contribution is -0.120. The average Bonchev–Trinajstić information content (AvgIpc) is 2.37. The number of hydrogen-bond acceptors (Lipinski definition) is 1. The van der Waals surface area contributed by atoms with Crippen LogP contribution in [0.4, 0.5) is 0 Å². The highest BCUT2D eigenvalue weighted by atomic mass is 16.1. The van der Waals surface area contributed by atoms with Crippen LogP contribution in [0.15, 0.2) is 30.3 Å². The second kappa shape index (κ2) is 6.91. The van der Waals surface area contributed by atoms with Crippen molar-refractivity contribution in [3.05, 3.63) is 35.9 Å². The molecule has 0 heterocycles. The minimum absolute atomic E-state index is 0.0120. The van der Waals surface area contributed by atoms with E-state index in [2.05, 4.69) is 25.7 Å². The molecule has 2 unspecified atom stereocenters. The Balaban J connectivity index is 2.95. The lowest BCUT2D eigenvalue weighted by Gasteiger charge is -2.21. The summed E-state index contributed by atoms with van der Waals surface area (Å²) in [5.41, 5.74) is 1.12. The molecule has 2 atom stereocenters. The fourth-order valence-electron chi connectivity index (χ4n) is 2.01. The second-order valence-corrected chi connectivity index (χ2v) is 4.34. The minimum Gasteiger partial charge on any atom is -0.298 e. The zero-order valence-corrected chi connectivity index (χ0v) is 10.9. The van der Waals surface area contributed by atoms with E-state index < -0.39 is 0 Å². The molecule has 1 aromatic rings. The average molecular weight is 228 g/mol. The summed E-state index contributed by atoms with van der Waals surface area (Å²) >= 11 is 0. The van der Waals surface area contributed by atoms with Crippen molar-refractivity contribution in [1.82, 2.24) is 0 Å². The van der Waals surface area contributed by atoms with E-state index in [9.17, 15) is 4.79 Å². The molecule has 0 bridgehead atoms. The van der Waals surface area contributed by atoms with Crippen molar-refractivity contribution in [2.24, 2.45) is 5.92 Å². The van der Waals surface area contributed by atoms with E-state index in [-0.39, 0.29) is 11.7 Å². The first-order valence-electron chi connectivity index (χ1n) is 6.18. The van der Waals surface area contributed by atoms with Gasteiger partial charge in [0.05, 0.1) is 6.42 Å². The molecule has 0 aliphatic carbocycles. The van der Waals surface area contributed by atoms with Gasteiger partial charge in [-0.2, -0.15) is 0 Å². The molecule has 0 amide bonds. The summed E-state index contributed by atoms with van der Waals surface area (Å²) in [6, 6.07) is 10.0. The minimum atomic E-state index is -0.0120. The third kappa shape index (κ3) is 3.75. The highest BCUT2D eigenvalue weighted by molar-refractivity contribution is 5.87. The molecular weight excluding hydrogens is 208 g/mol. The monoisotopic (exact) mass is 228 g/mol. The lowest BCUT2D eigenvalue weighted by Crippen LogP contribution is -2.19. The van der Waals surface area contributed by atoms with Crippen molar-refractivity contribution in [2.75, 3.05) is 0 Å². The highest BCUT2D eigenvalue weighted by Gasteiger charge is 2.24. The molecule has 1 aromatic carbocycles. The van der Waals surface area contributed by atoms with Gasteiger partial charge in [0.2, 0.25) is 0 Å². The Bertz CT molecular complexity index is 408. The summed E-state index contributed by atoms with van der Waals surface area (Å²) < 4.78 is 0. The summed E-state index contributed by atoms with van der Waals surface area (Å²) in [4.78, 5) is 12.2. The summed E-state index contributed by atoms with van der Waals surface area (Å²) in [7, 11) is 0. The van der Waals surface area contributed by atoms with E-state index in [0.717, 1.165) is 12.0 Å². The highest BCUT2D eigenvalue weighted by Crippen LogP contribution is 2.28. The largest absolute Gasteiger partial charge is 0.298 e. The maximum absolute atomic E-state index is 12.2. The van der Waals surface area contributed by atoms with Gasteiger partial charge in [0.1, 0.15) is 0 Å². The summed E-state index contributed by atoms with van der Waals surface area (Å²) in [6.45, 7) is 6.03. The fraction of sp³-hybridized carbons (Fsp3) is 0.438. The van der Waals surface area contributed by atoms with Gasteiger partial charge in [0.25, 0.3) is 0 Å². The predicted molar refractivity (Wildman–Crippen MR) is 71.7 cm³/mol. The molecule has 1 rings (SSSR count). The number of carbonyl (C=O) groups is 1. The van der Waals surface area contributed by atoms with Gasteiger partial charge in [-0.15, -0.1) is 5.92 Å². The van der Waals surface area contributed by atoms with E-state index in [0.29, 0.717) is 12.3 Å². The molecule has 0 N–H and O–H groups in total. The van der Waals surface area contributed by atoms with Gasteiger partial charge in [-0.1, -0.05) is 56.5 Å². The third-order valence-corrected chi connectivity index (χ3v) is 3.16. The number of Topliss-reactive ketones (excluding diaryl/α,β-unsaturated/α-hetero) is 1.